The number of unbranched alkanes of at least 4 members (excludes halogenated alkanes) is 3. The summed E-state index contributed by atoms with van der Waals surface area (Å²) in [6, 6.07) is 0. The van der Waals surface area contributed by atoms with Crippen molar-refractivity contribution in [3.05, 3.63) is 11.8 Å². The van der Waals surface area contributed by atoms with Crippen molar-refractivity contribution < 1.29 is 24.9 Å². The molecule has 1 saturated carbocycles. The van der Waals surface area contributed by atoms with E-state index in [-0.39, 0.29) is 17.8 Å². The van der Waals surface area contributed by atoms with Crippen LogP contribution in [0.3, 0.4) is 0 Å². The topological polar surface area (TPSA) is 94.8 Å². The van der Waals surface area contributed by atoms with Gasteiger partial charge in [-0.15, -0.1) is 0 Å². The lowest BCUT2D eigenvalue weighted by Gasteiger charge is -2.19. The second kappa shape index (κ2) is 13.0. The molecule has 1 rings (SSSR count). The van der Waals surface area contributed by atoms with E-state index in [2.05, 4.69) is 6.92 Å². The Morgan fingerprint density at radius 2 is 1.92 bits per heavy atom. The van der Waals surface area contributed by atoms with Gasteiger partial charge in [0.25, 0.3) is 0 Å². The molecule has 1 aliphatic rings. The fraction of sp³-hybridized carbons (Fsp3) is 0.810. The van der Waals surface area contributed by atoms with Gasteiger partial charge in [0.2, 0.25) is 5.78 Å². The molecular weight excluding hydrogens is 332 g/mol. The Kier molecular flexibility index (Phi) is 11.5. The number of allylic oxidation sites excluding steroid dienone is 1. The highest BCUT2D eigenvalue weighted by atomic mass is 16.3. The second-order valence-corrected chi connectivity index (χ2v) is 7.55. The van der Waals surface area contributed by atoms with Crippen LogP contribution in [0.1, 0.15) is 84.0 Å². The summed E-state index contributed by atoms with van der Waals surface area (Å²) >= 11 is 0. The molecule has 150 valence electrons. The number of hydrogen-bond donors (Lipinski definition) is 3. The summed E-state index contributed by atoms with van der Waals surface area (Å²) in [6.07, 6.45) is 11.9. The molecule has 0 aromatic rings. The predicted octanol–water partition coefficient (Wildman–Crippen LogP) is 3.87. The van der Waals surface area contributed by atoms with Gasteiger partial charge in [-0.05, 0) is 56.9 Å². The molecule has 0 radical (unpaired) electrons. The molecule has 0 bridgehead atoms. The van der Waals surface area contributed by atoms with Crippen LogP contribution in [0.4, 0.5) is 0 Å². The number of carbonyl (C=O) groups excluding carboxylic acids is 2. The summed E-state index contributed by atoms with van der Waals surface area (Å²) in [5, 5.41) is 28.0. The summed E-state index contributed by atoms with van der Waals surface area (Å²) in [5.41, 5.74) is 0. The number of ketones is 2. The number of aliphatic hydroxyl groups excluding tert-OH is 3. The second-order valence-electron chi connectivity index (χ2n) is 7.55. The molecule has 1 aliphatic carbocycles. The van der Waals surface area contributed by atoms with Crippen molar-refractivity contribution in [3.63, 3.8) is 0 Å². The Labute approximate surface area is 157 Å². The highest BCUT2D eigenvalue weighted by Crippen LogP contribution is 2.36. The van der Waals surface area contributed by atoms with Gasteiger partial charge in [-0.25, -0.2) is 0 Å². The summed E-state index contributed by atoms with van der Waals surface area (Å²) in [4.78, 5) is 23.2. The first-order valence-electron chi connectivity index (χ1n) is 10.2. The first-order chi connectivity index (χ1) is 12.5. The van der Waals surface area contributed by atoms with E-state index >= 15 is 0 Å². The van der Waals surface area contributed by atoms with E-state index in [1.54, 1.807) is 0 Å². The van der Waals surface area contributed by atoms with Gasteiger partial charge in [-0.2, -0.15) is 0 Å². The van der Waals surface area contributed by atoms with E-state index < -0.39 is 12.4 Å². The third-order valence-electron chi connectivity index (χ3n) is 5.48. The smallest absolute Gasteiger partial charge is 0.221 e. The van der Waals surface area contributed by atoms with Gasteiger partial charge in [0.15, 0.2) is 5.76 Å². The zero-order valence-electron chi connectivity index (χ0n) is 16.2. The summed E-state index contributed by atoms with van der Waals surface area (Å²) in [7, 11) is 0. The third-order valence-corrected chi connectivity index (χ3v) is 5.48. The van der Waals surface area contributed by atoms with Crippen molar-refractivity contribution in [2.75, 3.05) is 6.61 Å². The molecule has 0 saturated heterocycles. The molecule has 1 fully saturated rings. The Bertz CT molecular complexity index is 457. The van der Waals surface area contributed by atoms with Crippen molar-refractivity contribution >= 4 is 11.6 Å². The molecule has 3 N–H and O–H groups in total. The van der Waals surface area contributed by atoms with Crippen LogP contribution in [0.2, 0.25) is 0 Å². The standard InChI is InChI=1S/C21H36O5/c1-2-3-9-17(23)10-7-8-16-13-14-19(24)18(16)11-5-4-6-12-20(25)21(26)15-22/h12,16-18,22-23,25H,2-11,13-15H2,1H3/t16-,17?,18+/m0/s1. The average Bonchev–Trinajstić information content (AvgIpc) is 2.98. The number of Topliss-reactive ketones (excluding diaryl/α,β-unsaturated/α-hetero) is 2. The molecule has 0 aromatic carbocycles. The Hall–Kier alpha value is -1.20. The number of rotatable bonds is 14. The fourth-order valence-electron chi connectivity index (χ4n) is 3.86. The first kappa shape index (κ1) is 22.8. The van der Waals surface area contributed by atoms with Gasteiger partial charge in [-0.3, -0.25) is 9.59 Å². The largest absolute Gasteiger partial charge is 0.505 e. The minimum Gasteiger partial charge on any atom is -0.505 e. The van der Waals surface area contributed by atoms with Crippen LogP contribution in [0, 0.1) is 11.8 Å². The van der Waals surface area contributed by atoms with Crippen molar-refractivity contribution in [2.45, 2.75) is 90.1 Å². The first-order valence-corrected chi connectivity index (χ1v) is 10.2. The van der Waals surface area contributed by atoms with E-state index in [9.17, 15) is 19.8 Å². The molecule has 5 nitrogen and oxygen atoms in total. The Balaban J connectivity index is 2.26. The van der Waals surface area contributed by atoms with Crippen molar-refractivity contribution in [2.24, 2.45) is 11.8 Å². The van der Waals surface area contributed by atoms with Crippen LogP contribution in [0.5, 0.6) is 0 Å². The maximum absolute atomic E-state index is 12.1. The molecular formula is C21H36O5. The minimum atomic E-state index is -0.673. The van der Waals surface area contributed by atoms with Gasteiger partial charge < -0.3 is 15.3 Å². The van der Waals surface area contributed by atoms with Crippen LogP contribution in [0.25, 0.3) is 0 Å². The van der Waals surface area contributed by atoms with Gasteiger partial charge in [-0.1, -0.05) is 32.6 Å². The molecule has 0 spiro atoms. The van der Waals surface area contributed by atoms with Crippen LogP contribution >= 0.6 is 0 Å². The van der Waals surface area contributed by atoms with Gasteiger partial charge in [0.1, 0.15) is 12.4 Å². The van der Waals surface area contributed by atoms with Crippen LogP contribution < -0.4 is 0 Å². The third kappa shape index (κ3) is 8.45. The molecule has 26 heavy (non-hydrogen) atoms. The van der Waals surface area contributed by atoms with Gasteiger partial charge >= 0.3 is 0 Å². The highest BCUT2D eigenvalue weighted by Gasteiger charge is 2.33. The van der Waals surface area contributed by atoms with E-state index in [1.165, 1.54) is 6.08 Å². The molecule has 5 heteroatoms. The normalized spacial score (nSPS) is 22.0. The van der Waals surface area contributed by atoms with Crippen LogP contribution in [-0.2, 0) is 9.59 Å². The molecule has 0 amide bonds. The van der Waals surface area contributed by atoms with Crippen LogP contribution in [-0.4, -0.2) is 39.6 Å². The maximum atomic E-state index is 12.1. The summed E-state index contributed by atoms with van der Waals surface area (Å²) < 4.78 is 0. The molecule has 3 atom stereocenters. The summed E-state index contributed by atoms with van der Waals surface area (Å²) in [5.74, 6) is -0.0725. The monoisotopic (exact) mass is 368 g/mol. The Morgan fingerprint density at radius 1 is 1.19 bits per heavy atom. The van der Waals surface area contributed by atoms with E-state index in [1.807, 2.05) is 0 Å². The number of hydrogen-bond acceptors (Lipinski definition) is 5. The zero-order chi connectivity index (χ0) is 19.4. The van der Waals surface area contributed by atoms with Gasteiger partial charge in [0, 0.05) is 12.3 Å². The van der Waals surface area contributed by atoms with E-state index in [4.69, 9.17) is 5.11 Å². The minimum absolute atomic E-state index is 0.138. The lowest BCUT2D eigenvalue weighted by atomic mass is 9.86. The number of aliphatic hydroxyl groups is 3. The van der Waals surface area contributed by atoms with Crippen molar-refractivity contribution in [1.82, 2.24) is 0 Å². The van der Waals surface area contributed by atoms with Crippen LogP contribution in [0.15, 0.2) is 11.8 Å². The van der Waals surface area contributed by atoms with Crippen molar-refractivity contribution in [1.29, 1.82) is 0 Å². The predicted molar refractivity (Wildman–Crippen MR) is 102 cm³/mol. The average molecular weight is 369 g/mol. The quantitative estimate of drug-likeness (QED) is 0.246. The SMILES string of the molecule is CCCCC(O)CCC[C@H]1CCC(=O)[C@@H]1CCCCC=C(O)C(=O)CO. The zero-order valence-corrected chi connectivity index (χ0v) is 16.2. The van der Waals surface area contributed by atoms with E-state index in [0.29, 0.717) is 24.5 Å². The highest BCUT2D eigenvalue weighted by molar-refractivity contribution is 5.93. The molecule has 0 aromatic heterocycles. The molecule has 1 unspecified atom stereocenters. The fourth-order valence-corrected chi connectivity index (χ4v) is 3.86. The van der Waals surface area contributed by atoms with Gasteiger partial charge in [0.05, 0.1) is 6.10 Å². The van der Waals surface area contributed by atoms with E-state index in [0.717, 1.165) is 64.2 Å². The molecule has 0 aliphatic heterocycles. The molecule has 0 heterocycles. The number of carbonyl (C=O) groups is 2. The lowest BCUT2D eigenvalue weighted by molar-refractivity contribution is -0.121. The maximum Gasteiger partial charge on any atom is 0.221 e. The Morgan fingerprint density at radius 3 is 2.62 bits per heavy atom. The summed E-state index contributed by atoms with van der Waals surface area (Å²) in [6.45, 7) is 1.46. The lowest BCUT2D eigenvalue weighted by Crippen LogP contribution is -2.16. The van der Waals surface area contributed by atoms with Crippen molar-refractivity contribution in [3.8, 4) is 0 Å².